The molecule has 0 unspecified atom stereocenters. The Labute approximate surface area is 118 Å². The second-order valence-corrected chi connectivity index (χ2v) is 11.5. The monoisotopic (exact) mass is 277 g/mol. The Balaban J connectivity index is 1.93. The molecule has 0 bridgehead atoms. The first-order valence-corrected chi connectivity index (χ1v) is 10.8. The van der Waals surface area contributed by atoms with Crippen LogP contribution in [0.4, 0.5) is 0 Å². The van der Waals surface area contributed by atoms with Crippen LogP contribution in [0.5, 0.6) is 0 Å². The van der Waals surface area contributed by atoms with Crippen molar-refractivity contribution in [2.24, 2.45) is 0 Å². The van der Waals surface area contributed by atoms with Crippen molar-refractivity contribution < 1.29 is 4.74 Å². The van der Waals surface area contributed by atoms with E-state index in [0.29, 0.717) is 6.04 Å². The minimum Gasteiger partial charge on any atom is -0.383 e. The fourth-order valence-electron chi connectivity index (χ4n) is 3.24. The number of likely N-dealkylation sites (tertiary alicyclic amines) is 1. The van der Waals surface area contributed by atoms with Gasteiger partial charge in [-0.3, -0.25) is 0 Å². The third-order valence-corrected chi connectivity index (χ3v) is 6.64. The van der Waals surface area contributed by atoms with E-state index in [9.17, 15) is 0 Å². The zero-order valence-corrected chi connectivity index (χ0v) is 13.6. The molecule has 0 saturated carbocycles. The molecule has 3 heteroatoms. The number of hydrogen-bond donors (Lipinski definition) is 0. The van der Waals surface area contributed by atoms with Crippen molar-refractivity contribution in [1.82, 2.24) is 4.90 Å². The Hall–Kier alpha value is -0.643. The molecule has 1 fully saturated rings. The molecule has 19 heavy (non-hydrogen) atoms. The second-order valence-electron chi connectivity index (χ2n) is 6.55. The lowest BCUT2D eigenvalue weighted by Gasteiger charge is -2.32. The van der Waals surface area contributed by atoms with Gasteiger partial charge in [0.05, 0.1) is 14.7 Å². The van der Waals surface area contributed by atoms with Crippen LogP contribution < -0.4 is 0 Å². The minimum atomic E-state index is -1.21. The van der Waals surface area contributed by atoms with Gasteiger partial charge in [0.25, 0.3) is 0 Å². The van der Waals surface area contributed by atoms with E-state index in [1.54, 1.807) is 0 Å². The maximum absolute atomic E-state index is 5.36. The highest BCUT2D eigenvalue weighted by Crippen LogP contribution is 2.21. The molecule has 0 aromatic heterocycles. The summed E-state index contributed by atoms with van der Waals surface area (Å²) in [7, 11) is 0.613. The number of rotatable bonds is 6. The summed E-state index contributed by atoms with van der Waals surface area (Å²) in [5, 5.41) is 0. The molecule has 0 amide bonds. The maximum Gasteiger partial charge on any atom is 0.0672 e. The standard InChI is InChI=1S/C16H27NOSi/c1-18-12-16-10-7-11-17(16)14-19(2,3)13-15-8-5-4-6-9-15/h4-6,8-9,16H,7,10-14H2,1-3H3/t16-/m1/s1. The van der Waals surface area contributed by atoms with Gasteiger partial charge >= 0.3 is 0 Å². The van der Waals surface area contributed by atoms with Crippen LogP contribution in [-0.2, 0) is 10.8 Å². The SMILES string of the molecule is COC[C@H]1CCCN1C[Si](C)(C)Cc1ccccc1. The van der Waals surface area contributed by atoms with Crippen molar-refractivity contribution in [1.29, 1.82) is 0 Å². The molecule has 2 nitrogen and oxygen atoms in total. The largest absolute Gasteiger partial charge is 0.383 e. The van der Waals surface area contributed by atoms with Gasteiger partial charge in [0.1, 0.15) is 0 Å². The summed E-state index contributed by atoms with van der Waals surface area (Å²) in [4.78, 5) is 2.68. The number of hydrogen-bond acceptors (Lipinski definition) is 2. The highest BCUT2D eigenvalue weighted by Gasteiger charge is 2.31. The van der Waals surface area contributed by atoms with Crippen molar-refractivity contribution in [3.8, 4) is 0 Å². The first-order valence-electron chi connectivity index (χ1n) is 7.38. The van der Waals surface area contributed by atoms with Crippen LogP contribution >= 0.6 is 0 Å². The van der Waals surface area contributed by atoms with Crippen LogP contribution in [0.1, 0.15) is 18.4 Å². The normalized spacial score (nSPS) is 20.9. The molecule has 0 radical (unpaired) electrons. The quantitative estimate of drug-likeness (QED) is 0.741. The molecule has 0 aliphatic carbocycles. The lowest BCUT2D eigenvalue weighted by atomic mass is 10.2. The molecule has 0 N–H and O–H groups in total. The van der Waals surface area contributed by atoms with Crippen LogP contribution in [-0.4, -0.2) is 45.4 Å². The van der Waals surface area contributed by atoms with Crippen molar-refractivity contribution in [3.63, 3.8) is 0 Å². The van der Waals surface area contributed by atoms with E-state index in [2.05, 4.69) is 48.3 Å². The van der Waals surface area contributed by atoms with Gasteiger partial charge in [0.2, 0.25) is 0 Å². The summed E-state index contributed by atoms with van der Waals surface area (Å²) in [6.07, 6.45) is 3.95. The molecule has 1 aromatic rings. The van der Waals surface area contributed by atoms with Gasteiger partial charge < -0.3 is 9.64 Å². The Kier molecular flexibility index (Phi) is 5.19. The van der Waals surface area contributed by atoms with Crippen LogP contribution in [0.15, 0.2) is 30.3 Å². The van der Waals surface area contributed by atoms with Crippen LogP contribution in [0.3, 0.4) is 0 Å². The lowest BCUT2D eigenvalue weighted by Crippen LogP contribution is -2.47. The van der Waals surface area contributed by atoms with Crippen molar-refractivity contribution in [2.45, 2.75) is 38.0 Å². The molecule has 1 atom stereocenters. The topological polar surface area (TPSA) is 12.5 Å². The summed E-state index contributed by atoms with van der Waals surface area (Å²) >= 11 is 0. The minimum absolute atomic E-state index is 0.660. The lowest BCUT2D eigenvalue weighted by molar-refractivity contribution is 0.124. The van der Waals surface area contributed by atoms with E-state index < -0.39 is 8.07 Å². The van der Waals surface area contributed by atoms with Crippen molar-refractivity contribution in [3.05, 3.63) is 35.9 Å². The Morgan fingerprint density at radius 3 is 2.68 bits per heavy atom. The Bertz CT molecular complexity index is 380. The van der Waals surface area contributed by atoms with Gasteiger partial charge in [-0.1, -0.05) is 49.0 Å². The van der Waals surface area contributed by atoms with Crippen LogP contribution in [0, 0.1) is 0 Å². The third-order valence-electron chi connectivity index (χ3n) is 4.01. The highest BCUT2D eigenvalue weighted by atomic mass is 28.3. The van der Waals surface area contributed by atoms with Gasteiger partial charge in [-0.15, -0.1) is 0 Å². The summed E-state index contributed by atoms with van der Waals surface area (Å²) in [5.41, 5.74) is 1.50. The fourth-order valence-corrected chi connectivity index (χ4v) is 6.21. The van der Waals surface area contributed by atoms with Crippen LogP contribution in [0.25, 0.3) is 0 Å². The Morgan fingerprint density at radius 1 is 1.26 bits per heavy atom. The van der Waals surface area contributed by atoms with E-state index in [1.807, 2.05) is 7.11 Å². The van der Waals surface area contributed by atoms with Gasteiger partial charge in [0.15, 0.2) is 0 Å². The van der Waals surface area contributed by atoms with E-state index in [-0.39, 0.29) is 0 Å². The number of benzene rings is 1. The first kappa shape index (κ1) is 14.8. The zero-order chi connectivity index (χ0) is 13.7. The van der Waals surface area contributed by atoms with Crippen molar-refractivity contribution in [2.75, 3.05) is 26.4 Å². The molecule has 1 aromatic carbocycles. The summed E-state index contributed by atoms with van der Waals surface area (Å²) in [6.45, 7) is 7.19. The zero-order valence-electron chi connectivity index (χ0n) is 12.6. The van der Waals surface area contributed by atoms with Crippen LogP contribution in [0.2, 0.25) is 13.1 Å². The van der Waals surface area contributed by atoms with Gasteiger partial charge in [-0.2, -0.15) is 0 Å². The Morgan fingerprint density at radius 2 is 2.00 bits per heavy atom. The molecular weight excluding hydrogens is 250 g/mol. The van der Waals surface area contributed by atoms with E-state index in [4.69, 9.17) is 4.74 Å². The number of ether oxygens (including phenoxy) is 1. The predicted molar refractivity (Wildman–Crippen MR) is 84.1 cm³/mol. The first-order chi connectivity index (χ1) is 9.11. The average molecular weight is 277 g/mol. The van der Waals surface area contributed by atoms with Gasteiger partial charge in [0, 0.05) is 13.2 Å². The third kappa shape index (κ3) is 4.44. The van der Waals surface area contributed by atoms with E-state index in [1.165, 1.54) is 37.2 Å². The molecular formula is C16H27NOSi. The van der Waals surface area contributed by atoms with Gasteiger partial charge in [-0.25, -0.2) is 0 Å². The van der Waals surface area contributed by atoms with Gasteiger partial charge in [-0.05, 0) is 31.6 Å². The maximum atomic E-state index is 5.36. The summed E-state index contributed by atoms with van der Waals surface area (Å²) < 4.78 is 5.36. The van der Waals surface area contributed by atoms with E-state index in [0.717, 1.165) is 6.61 Å². The van der Waals surface area contributed by atoms with E-state index >= 15 is 0 Å². The molecule has 0 spiro atoms. The summed E-state index contributed by atoms with van der Waals surface area (Å²) in [6, 6.07) is 12.9. The predicted octanol–water partition coefficient (Wildman–Crippen LogP) is 3.13. The number of methoxy groups -OCH3 is 1. The molecule has 1 saturated heterocycles. The molecule has 1 heterocycles. The highest BCUT2D eigenvalue weighted by molar-refractivity contribution is 6.77. The average Bonchev–Trinajstić information content (AvgIpc) is 2.77. The second kappa shape index (κ2) is 6.68. The molecule has 106 valence electrons. The van der Waals surface area contributed by atoms with Crippen molar-refractivity contribution >= 4 is 8.07 Å². The fraction of sp³-hybridized carbons (Fsp3) is 0.625. The molecule has 1 aliphatic heterocycles. The number of nitrogens with zero attached hydrogens (tertiary/aromatic N) is 1. The molecule has 2 rings (SSSR count). The molecule has 1 aliphatic rings. The summed E-state index contributed by atoms with van der Waals surface area (Å²) in [5.74, 6) is 0. The smallest absolute Gasteiger partial charge is 0.0672 e.